The Morgan fingerprint density at radius 2 is 1.80 bits per heavy atom. The maximum atomic E-state index is 14.4. The highest BCUT2D eigenvalue weighted by Gasteiger charge is 2.45. The third kappa shape index (κ3) is 7.79. The summed E-state index contributed by atoms with van der Waals surface area (Å²) in [5.41, 5.74) is 1.10. The van der Waals surface area contributed by atoms with Crippen LogP contribution in [0.1, 0.15) is 65.1 Å². The number of aliphatic hydroxyl groups is 1. The predicted molar refractivity (Wildman–Crippen MR) is 152 cm³/mol. The second-order valence-electron chi connectivity index (χ2n) is 12.0. The first-order chi connectivity index (χ1) is 18.7. The molecule has 0 spiro atoms. The van der Waals surface area contributed by atoms with E-state index in [0.29, 0.717) is 17.9 Å². The highest BCUT2D eigenvalue weighted by atomic mass is 16.6. The summed E-state index contributed by atoms with van der Waals surface area (Å²) in [6.07, 6.45) is 1.52. The average molecular weight is 555 g/mol. The number of methoxy groups -OCH3 is 1. The Balaban J connectivity index is 2.12. The second-order valence-corrected chi connectivity index (χ2v) is 12.0. The zero-order valence-electron chi connectivity index (χ0n) is 24.5. The lowest BCUT2D eigenvalue weighted by Crippen LogP contribution is -2.53. The third-order valence-corrected chi connectivity index (χ3v) is 6.55. The van der Waals surface area contributed by atoms with Crippen molar-refractivity contribution in [2.24, 2.45) is 0 Å². The SMILES string of the molecule is COCCNC(=O)C(c1cccnc1)N(C(=O)[C@H]1C[C@@H](O)CN1C(=O)OC(C)(C)C)c1ccc(C(C)(C)C)cc1. The molecule has 2 N–H and O–H groups in total. The van der Waals surface area contributed by atoms with Gasteiger partial charge in [0.15, 0.2) is 0 Å². The smallest absolute Gasteiger partial charge is 0.411 e. The summed E-state index contributed by atoms with van der Waals surface area (Å²) >= 11 is 0. The molecule has 10 nitrogen and oxygen atoms in total. The number of hydrogen-bond donors (Lipinski definition) is 2. The van der Waals surface area contributed by atoms with Crippen LogP contribution in [0.3, 0.4) is 0 Å². The van der Waals surface area contributed by atoms with Crippen molar-refractivity contribution in [1.82, 2.24) is 15.2 Å². The van der Waals surface area contributed by atoms with Crippen LogP contribution in [0.25, 0.3) is 0 Å². The summed E-state index contributed by atoms with van der Waals surface area (Å²) in [5.74, 6) is -0.942. The molecular weight excluding hydrogens is 512 g/mol. The molecule has 1 aliphatic heterocycles. The van der Waals surface area contributed by atoms with Crippen LogP contribution >= 0.6 is 0 Å². The van der Waals surface area contributed by atoms with Gasteiger partial charge in [0.1, 0.15) is 17.7 Å². The molecule has 1 saturated heterocycles. The lowest BCUT2D eigenvalue weighted by Gasteiger charge is -2.36. The maximum Gasteiger partial charge on any atom is 0.411 e. The fraction of sp³-hybridized carbons (Fsp3) is 0.533. The number of β-amino-alcohol motifs (C(OH)–C–C–N with tert-alkyl or cyclic N) is 1. The molecule has 0 saturated carbocycles. The zero-order chi connectivity index (χ0) is 29.7. The summed E-state index contributed by atoms with van der Waals surface area (Å²) in [7, 11) is 1.54. The highest BCUT2D eigenvalue weighted by molar-refractivity contribution is 6.04. The number of nitrogens with zero attached hydrogens (tertiary/aromatic N) is 3. The van der Waals surface area contributed by atoms with Crippen LogP contribution in [0, 0.1) is 0 Å². The van der Waals surface area contributed by atoms with Crippen LogP contribution in [-0.2, 0) is 24.5 Å². The van der Waals surface area contributed by atoms with E-state index >= 15 is 0 Å². The number of rotatable bonds is 8. The number of ether oxygens (including phenoxy) is 2. The van der Waals surface area contributed by atoms with Gasteiger partial charge in [0.2, 0.25) is 5.91 Å². The van der Waals surface area contributed by atoms with Crippen LogP contribution in [-0.4, -0.2) is 77.5 Å². The van der Waals surface area contributed by atoms with E-state index < -0.39 is 41.7 Å². The standard InChI is InChI=1S/C30H42N4O6/c1-29(2,3)21-10-12-22(13-11-21)34(25(20-9-8-14-31-18-20)26(36)32-15-16-39-7)27(37)24-17-23(35)19-33(24)28(38)40-30(4,5)6/h8-14,18,23-25,35H,15-17,19H2,1-7H3,(H,32,36)/t23-,24-,25?/m1/s1. The molecule has 3 atom stereocenters. The van der Waals surface area contributed by atoms with Gasteiger partial charge in [-0.1, -0.05) is 39.0 Å². The molecular formula is C30H42N4O6. The fourth-order valence-electron chi connectivity index (χ4n) is 4.58. The number of aromatic nitrogens is 1. The molecule has 2 aromatic rings. The van der Waals surface area contributed by atoms with Gasteiger partial charge in [0, 0.05) is 43.7 Å². The molecule has 3 rings (SSSR count). The summed E-state index contributed by atoms with van der Waals surface area (Å²) in [6, 6.07) is 8.73. The number of anilines is 1. The molecule has 40 heavy (non-hydrogen) atoms. The van der Waals surface area contributed by atoms with Crippen LogP contribution in [0.4, 0.5) is 10.5 Å². The number of carbonyl (C=O) groups is 3. The van der Waals surface area contributed by atoms with Gasteiger partial charge in [-0.05, 0) is 49.9 Å². The van der Waals surface area contributed by atoms with Gasteiger partial charge >= 0.3 is 6.09 Å². The van der Waals surface area contributed by atoms with Gasteiger partial charge in [0.25, 0.3) is 5.91 Å². The molecule has 0 aliphatic carbocycles. The van der Waals surface area contributed by atoms with Crippen LogP contribution in [0.5, 0.6) is 0 Å². The fourth-order valence-corrected chi connectivity index (χ4v) is 4.58. The van der Waals surface area contributed by atoms with E-state index in [1.165, 1.54) is 16.9 Å². The zero-order valence-corrected chi connectivity index (χ0v) is 24.5. The van der Waals surface area contributed by atoms with Crippen LogP contribution in [0.15, 0.2) is 48.8 Å². The molecule has 0 bridgehead atoms. The Morgan fingerprint density at radius 1 is 1.12 bits per heavy atom. The van der Waals surface area contributed by atoms with Crippen molar-refractivity contribution in [3.63, 3.8) is 0 Å². The molecule has 1 aliphatic rings. The van der Waals surface area contributed by atoms with Crippen molar-refractivity contribution in [2.45, 2.75) is 77.2 Å². The number of carbonyl (C=O) groups excluding carboxylic acids is 3. The minimum atomic E-state index is -1.10. The van der Waals surface area contributed by atoms with Crippen LogP contribution in [0.2, 0.25) is 0 Å². The number of nitrogens with one attached hydrogen (secondary N) is 1. The minimum absolute atomic E-state index is 0.0136. The number of pyridine rings is 1. The first-order valence-corrected chi connectivity index (χ1v) is 13.5. The van der Waals surface area contributed by atoms with Gasteiger partial charge in [-0.25, -0.2) is 4.79 Å². The van der Waals surface area contributed by atoms with E-state index in [2.05, 4.69) is 31.1 Å². The molecule has 2 heterocycles. The normalized spacial score (nSPS) is 18.2. The van der Waals surface area contributed by atoms with Gasteiger partial charge in [-0.2, -0.15) is 0 Å². The lowest BCUT2D eigenvalue weighted by atomic mass is 9.87. The van der Waals surface area contributed by atoms with Crippen molar-refractivity contribution >= 4 is 23.6 Å². The Labute approximate surface area is 236 Å². The molecule has 1 aromatic heterocycles. The van der Waals surface area contributed by atoms with Crippen molar-refractivity contribution in [3.05, 3.63) is 59.9 Å². The maximum absolute atomic E-state index is 14.4. The van der Waals surface area contributed by atoms with Crippen molar-refractivity contribution in [3.8, 4) is 0 Å². The van der Waals surface area contributed by atoms with E-state index in [0.717, 1.165) is 5.56 Å². The lowest BCUT2D eigenvalue weighted by molar-refractivity contribution is -0.128. The van der Waals surface area contributed by atoms with Crippen molar-refractivity contribution in [2.75, 3.05) is 31.7 Å². The summed E-state index contributed by atoms with van der Waals surface area (Å²) in [4.78, 5) is 48.1. The monoisotopic (exact) mass is 554 g/mol. The van der Waals surface area contributed by atoms with E-state index in [4.69, 9.17) is 9.47 Å². The molecule has 3 amide bonds. The Hall–Kier alpha value is -3.50. The molecule has 0 radical (unpaired) electrons. The minimum Gasteiger partial charge on any atom is -0.444 e. The first kappa shape index (κ1) is 31.0. The average Bonchev–Trinajstić information content (AvgIpc) is 3.28. The van der Waals surface area contributed by atoms with E-state index in [1.807, 2.05) is 12.1 Å². The van der Waals surface area contributed by atoms with Gasteiger partial charge < -0.3 is 19.9 Å². The quantitative estimate of drug-likeness (QED) is 0.479. The van der Waals surface area contributed by atoms with Crippen molar-refractivity contribution < 1.29 is 29.0 Å². The first-order valence-electron chi connectivity index (χ1n) is 13.5. The summed E-state index contributed by atoms with van der Waals surface area (Å²) in [5, 5.41) is 13.4. The number of benzene rings is 1. The topological polar surface area (TPSA) is 121 Å². The summed E-state index contributed by atoms with van der Waals surface area (Å²) in [6.45, 7) is 12.0. The number of hydrogen-bond acceptors (Lipinski definition) is 7. The Morgan fingerprint density at radius 3 is 2.35 bits per heavy atom. The van der Waals surface area contributed by atoms with Crippen LogP contribution < -0.4 is 10.2 Å². The van der Waals surface area contributed by atoms with E-state index in [9.17, 15) is 19.5 Å². The van der Waals surface area contributed by atoms with Gasteiger partial charge in [-0.15, -0.1) is 0 Å². The van der Waals surface area contributed by atoms with E-state index in [1.54, 1.807) is 57.4 Å². The number of amides is 3. The van der Waals surface area contributed by atoms with Crippen molar-refractivity contribution in [1.29, 1.82) is 0 Å². The van der Waals surface area contributed by atoms with E-state index in [-0.39, 0.29) is 24.9 Å². The van der Waals surface area contributed by atoms with Gasteiger partial charge in [0.05, 0.1) is 19.3 Å². The molecule has 1 unspecified atom stereocenters. The van der Waals surface area contributed by atoms with Gasteiger partial charge in [-0.3, -0.25) is 24.4 Å². The largest absolute Gasteiger partial charge is 0.444 e. The number of likely N-dealkylation sites (tertiary alicyclic amines) is 1. The molecule has 218 valence electrons. The molecule has 10 heteroatoms. The molecule has 1 aromatic carbocycles. The molecule has 1 fully saturated rings. The third-order valence-electron chi connectivity index (χ3n) is 6.55. The Kier molecular flexibility index (Phi) is 9.92. The highest BCUT2D eigenvalue weighted by Crippen LogP contribution is 2.33. The Bertz CT molecular complexity index is 1160. The number of aliphatic hydroxyl groups excluding tert-OH is 1. The predicted octanol–water partition coefficient (Wildman–Crippen LogP) is 3.59. The summed E-state index contributed by atoms with van der Waals surface area (Å²) < 4.78 is 10.6. The second kappa shape index (κ2) is 12.8.